The van der Waals surface area contributed by atoms with Gasteiger partial charge in [-0.25, -0.2) is 0 Å². The first-order valence-corrected chi connectivity index (χ1v) is 8.41. The molecule has 4 nitrogen and oxygen atoms in total. The molecule has 0 radical (unpaired) electrons. The van der Waals surface area contributed by atoms with Crippen LogP contribution in [0, 0.1) is 5.92 Å². The van der Waals surface area contributed by atoms with Crippen LogP contribution in [0.3, 0.4) is 0 Å². The van der Waals surface area contributed by atoms with Gasteiger partial charge in [0.15, 0.2) is 0 Å². The van der Waals surface area contributed by atoms with E-state index in [1.807, 2.05) is 0 Å². The molecule has 3 N–H and O–H groups in total. The molecule has 1 aromatic rings. The SMILES string of the molecule is Cl.O=C(CCC1CCNCC1)NCC(O)c1cc(Cl)cc(Cl)c1. The van der Waals surface area contributed by atoms with Gasteiger partial charge in [-0.15, -0.1) is 12.4 Å². The van der Waals surface area contributed by atoms with E-state index < -0.39 is 6.10 Å². The number of carbonyl (C=O) groups excluding carboxylic acids is 1. The summed E-state index contributed by atoms with van der Waals surface area (Å²) in [6, 6.07) is 4.91. The number of rotatable bonds is 6. The van der Waals surface area contributed by atoms with Crippen LogP contribution in [0.25, 0.3) is 0 Å². The van der Waals surface area contributed by atoms with Crippen LogP contribution < -0.4 is 10.6 Å². The Morgan fingerprint density at radius 2 is 1.87 bits per heavy atom. The second-order valence-electron chi connectivity index (χ2n) is 5.75. The number of nitrogens with one attached hydrogen (secondary N) is 2. The fraction of sp³-hybridized carbons (Fsp3) is 0.562. The van der Waals surface area contributed by atoms with Crippen molar-refractivity contribution < 1.29 is 9.90 Å². The van der Waals surface area contributed by atoms with Crippen LogP contribution in [0.15, 0.2) is 18.2 Å². The first kappa shape index (κ1) is 20.5. The smallest absolute Gasteiger partial charge is 0.220 e. The van der Waals surface area contributed by atoms with Crippen LogP contribution in [-0.2, 0) is 4.79 Å². The Kier molecular flexibility index (Phi) is 9.25. The van der Waals surface area contributed by atoms with Gasteiger partial charge < -0.3 is 15.7 Å². The zero-order valence-electron chi connectivity index (χ0n) is 12.9. The zero-order valence-corrected chi connectivity index (χ0v) is 15.2. The predicted molar refractivity (Wildman–Crippen MR) is 96.5 cm³/mol. The largest absolute Gasteiger partial charge is 0.387 e. The molecule has 0 aromatic heterocycles. The number of carbonyl (C=O) groups is 1. The number of halogens is 3. The lowest BCUT2D eigenvalue weighted by Crippen LogP contribution is -2.31. The highest BCUT2D eigenvalue weighted by Gasteiger charge is 2.15. The summed E-state index contributed by atoms with van der Waals surface area (Å²) >= 11 is 11.8. The van der Waals surface area contributed by atoms with Crippen LogP contribution in [0.4, 0.5) is 0 Å². The van der Waals surface area contributed by atoms with Crippen LogP contribution in [-0.4, -0.2) is 30.6 Å². The molecule has 130 valence electrons. The van der Waals surface area contributed by atoms with Crippen molar-refractivity contribution in [3.8, 4) is 0 Å². The topological polar surface area (TPSA) is 61.4 Å². The highest BCUT2D eigenvalue weighted by molar-refractivity contribution is 6.34. The molecule has 1 amide bonds. The molecular weight excluding hydrogens is 359 g/mol. The van der Waals surface area contributed by atoms with Gasteiger partial charge in [0.2, 0.25) is 5.91 Å². The maximum Gasteiger partial charge on any atom is 0.220 e. The number of aliphatic hydroxyl groups excluding tert-OH is 1. The number of amides is 1. The minimum absolute atomic E-state index is 0. The monoisotopic (exact) mass is 380 g/mol. The second kappa shape index (κ2) is 10.4. The van der Waals surface area contributed by atoms with Gasteiger partial charge in [0.25, 0.3) is 0 Å². The molecule has 1 fully saturated rings. The van der Waals surface area contributed by atoms with Crippen molar-refractivity contribution in [1.29, 1.82) is 0 Å². The average molecular weight is 382 g/mol. The molecule has 0 bridgehead atoms. The first-order valence-electron chi connectivity index (χ1n) is 7.66. The standard InChI is InChI=1S/C16H22Cl2N2O2.ClH/c17-13-7-12(8-14(18)9-13)15(21)10-20-16(22)2-1-11-3-5-19-6-4-11;/h7-9,11,15,19,21H,1-6,10H2,(H,20,22);1H. The van der Waals surface area contributed by atoms with Gasteiger partial charge in [-0.3, -0.25) is 4.79 Å². The van der Waals surface area contributed by atoms with E-state index in [2.05, 4.69) is 10.6 Å². The van der Waals surface area contributed by atoms with Gasteiger partial charge in [-0.2, -0.15) is 0 Å². The van der Waals surface area contributed by atoms with Gasteiger partial charge in [-0.1, -0.05) is 23.2 Å². The molecule has 1 heterocycles. The summed E-state index contributed by atoms with van der Waals surface area (Å²) < 4.78 is 0. The molecule has 0 spiro atoms. The van der Waals surface area contributed by atoms with E-state index in [0.29, 0.717) is 27.9 Å². The Bertz CT molecular complexity index is 488. The van der Waals surface area contributed by atoms with Crippen molar-refractivity contribution in [2.45, 2.75) is 31.8 Å². The maximum atomic E-state index is 11.9. The van der Waals surface area contributed by atoms with Crippen molar-refractivity contribution in [1.82, 2.24) is 10.6 Å². The zero-order chi connectivity index (χ0) is 15.9. The third-order valence-electron chi connectivity index (χ3n) is 4.00. The minimum Gasteiger partial charge on any atom is -0.387 e. The highest BCUT2D eigenvalue weighted by atomic mass is 35.5. The Morgan fingerprint density at radius 1 is 1.26 bits per heavy atom. The molecule has 1 aliphatic rings. The van der Waals surface area contributed by atoms with Crippen LogP contribution >= 0.6 is 35.6 Å². The van der Waals surface area contributed by atoms with Gasteiger partial charge >= 0.3 is 0 Å². The van der Waals surface area contributed by atoms with Crippen molar-refractivity contribution in [2.75, 3.05) is 19.6 Å². The van der Waals surface area contributed by atoms with Crippen LogP contribution in [0.2, 0.25) is 10.0 Å². The van der Waals surface area contributed by atoms with Gasteiger partial charge in [0.05, 0.1) is 6.10 Å². The Morgan fingerprint density at radius 3 is 2.48 bits per heavy atom. The van der Waals surface area contributed by atoms with Gasteiger partial charge in [0.1, 0.15) is 0 Å². The van der Waals surface area contributed by atoms with E-state index in [9.17, 15) is 9.90 Å². The fourth-order valence-electron chi connectivity index (χ4n) is 2.69. The van der Waals surface area contributed by atoms with Gasteiger partial charge in [-0.05, 0) is 62.0 Å². The van der Waals surface area contributed by atoms with Crippen molar-refractivity contribution >= 4 is 41.5 Å². The fourth-order valence-corrected chi connectivity index (χ4v) is 3.23. The molecular formula is C16H23Cl3N2O2. The molecule has 1 aromatic carbocycles. The van der Waals surface area contributed by atoms with Crippen LogP contribution in [0.5, 0.6) is 0 Å². The molecule has 0 saturated carbocycles. The lowest BCUT2D eigenvalue weighted by Gasteiger charge is -2.22. The number of aliphatic hydroxyl groups is 1. The van der Waals surface area contributed by atoms with Crippen LogP contribution in [0.1, 0.15) is 37.4 Å². The molecule has 0 aliphatic carbocycles. The van der Waals surface area contributed by atoms with Crippen molar-refractivity contribution in [3.05, 3.63) is 33.8 Å². The summed E-state index contributed by atoms with van der Waals surface area (Å²) in [6.07, 6.45) is 2.88. The summed E-state index contributed by atoms with van der Waals surface area (Å²) in [7, 11) is 0. The Labute approximate surface area is 153 Å². The summed E-state index contributed by atoms with van der Waals surface area (Å²) in [5.74, 6) is 0.606. The third-order valence-corrected chi connectivity index (χ3v) is 4.44. The molecule has 1 saturated heterocycles. The van der Waals surface area contributed by atoms with Crippen molar-refractivity contribution in [2.24, 2.45) is 5.92 Å². The Balaban J connectivity index is 0.00000264. The minimum atomic E-state index is -0.806. The number of benzene rings is 1. The van der Waals surface area contributed by atoms with E-state index in [-0.39, 0.29) is 24.9 Å². The van der Waals surface area contributed by atoms with E-state index in [4.69, 9.17) is 23.2 Å². The molecule has 1 unspecified atom stereocenters. The van der Waals surface area contributed by atoms with Crippen molar-refractivity contribution in [3.63, 3.8) is 0 Å². The highest BCUT2D eigenvalue weighted by Crippen LogP contribution is 2.23. The second-order valence-corrected chi connectivity index (χ2v) is 6.63. The molecule has 1 aliphatic heterocycles. The summed E-state index contributed by atoms with van der Waals surface area (Å²) in [6.45, 7) is 2.25. The van der Waals surface area contributed by atoms with E-state index in [0.717, 1.165) is 32.4 Å². The molecule has 23 heavy (non-hydrogen) atoms. The molecule has 7 heteroatoms. The maximum absolute atomic E-state index is 11.9. The average Bonchev–Trinajstić information content (AvgIpc) is 2.50. The number of piperidine rings is 1. The summed E-state index contributed by atoms with van der Waals surface area (Å²) in [4.78, 5) is 11.9. The molecule has 1 atom stereocenters. The van der Waals surface area contributed by atoms with E-state index >= 15 is 0 Å². The lowest BCUT2D eigenvalue weighted by atomic mass is 9.93. The first-order chi connectivity index (χ1) is 10.5. The Hall–Kier alpha value is -0.520. The normalized spacial score (nSPS) is 16.5. The quantitative estimate of drug-likeness (QED) is 0.708. The summed E-state index contributed by atoms with van der Waals surface area (Å²) in [5.41, 5.74) is 0.608. The predicted octanol–water partition coefficient (Wildman–Crippen LogP) is 3.34. The number of hydrogen-bond donors (Lipinski definition) is 3. The lowest BCUT2D eigenvalue weighted by molar-refractivity contribution is -0.121. The number of hydrogen-bond acceptors (Lipinski definition) is 3. The summed E-state index contributed by atoms with van der Waals surface area (Å²) in [5, 5.41) is 17.1. The molecule has 2 rings (SSSR count). The van der Waals surface area contributed by atoms with E-state index in [1.165, 1.54) is 0 Å². The van der Waals surface area contributed by atoms with E-state index in [1.54, 1.807) is 18.2 Å². The van der Waals surface area contributed by atoms with Gasteiger partial charge in [0, 0.05) is 23.0 Å². The third kappa shape index (κ3) is 7.27.